The molecule has 230 valence electrons. The predicted octanol–water partition coefficient (Wildman–Crippen LogP) is 3.50. The minimum Gasteiger partial charge on any atom is -0.507 e. The maximum Gasteiger partial charge on any atom is 0.303 e. The molecule has 4 amide bonds. The number of hydrogen-bond acceptors (Lipinski definition) is 8. The van der Waals surface area contributed by atoms with Crippen LogP contribution in [0.3, 0.4) is 0 Å². The summed E-state index contributed by atoms with van der Waals surface area (Å²) in [6.45, 7) is 1.73. The zero-order valence-corrected chi connectivity index (χ0v) is 24.7. The molecule has 2 heterocycles. The molecule has 1 saturated carbocycles. The molecule has 0 aromatic heterocycles. The number of ether oxygens (including phenoxy) is 2. The van der Waals surface area contributed by atoms with E-state index in [2.05, 4.69) is 0 Å². The van der Waals surface area contributed by atoms with Crippen molar-refractivity contribution < 1.29 is 43.7 Å². The average molecular weight is 603 g/mol. The van der Waals surface area contributed by atoms with Crippen LogP contribution in [0, 0.1) is 29.1 Å². The van der Waals surface area contributed by atoms with Gasteiger partial charge in [-0.2, -0.15) is 0 Å². The maximum atomic E-state index is 14.5. The highest BCUT2D eigenvalue weighted by Gasteiger charge is 2.68. The number of aliphatic carboxylic acids is 1. The third-order valence-corrected chi connectivity index (χ3v) is 9.99. The molecule has 11 nitrogen and oxygen atoms in total. The van der Waals surface area contributed by atoms with Gasteiger partial charge in [0.15, 0.2) is 0 Å². The van der Waals surface area contributed by atoms with E-state index in [1.807, 2.05) is 6.08 Å². The Labute approximate surface area is 254 Å². The fourth-order valence-electron chi connectivity index (χ4n) is 7.98. The van der Waals surface area contributed by atoms with Crippen molar-refractivity contribution in [3.05, 3.63) is 59.7 Å². The lowest BCUT2D eigenvalue weighted by atomic mass is 9.51. The van der Waals surface area contributed by atoms with Gasteiger partial charge in [-0.15, -0.1) is 0 Å². The van der Waals surface area contributed by atoms with Crippen molar-refractivity contribution in [1.29, 1.82) is 0 Å². The summed E-state index contributed by atoms with van der Waals surface area (Å²) in [6.07, 6.45) is 2.24. The fraction of sp³-hybridized carbons (Fsp3) is 0.424. The normalized spacial score (nSPS) is 29.2. The van der Waals surface area contributed by atoms with Crippen molar-refractivity contribution in [2.75, 3.05) is 25.7 Å². The molecule has 6 atom stereocenters. The van der Waals surface area contributed by atoms with Gasteiger partial charge in [-0.25, -0.2) is 4.90 Å². The van der Waals surface area contributed by atoms with Gasteiger partial charge in [0.25, 0.3) is 0 Å². The molecule has 3 fully saturated rings. The number of likely N-dealkylation sites (tertiary alicyclic amines) is 1. The number of carbonyl (C=O) groups is 5. The van der Waals surface area contributed by atoms with Crippen LogP contribution < -0.4 is 14.4 Å². The number of carboxylic acid groups (broad SMARTS) is 1. The number of carboxylic acids is 1. The summed E-state index contributed by atoms with van der Waals surface area (Å²) in [7, 11) is 2.89. The van der Waals surface area contributed by atoms with Crippen LogP contribution in [-0.2, 0) is 24.0 Å². The molecular formula is C33H34N2O9. The van der Waals surface area contributed by atoms with Gasteiger partial charge >= 0.3 is 5.97 Å². The Bertz CT molecular complexity index is 1600. The van der Waals surface area contributed by atoms with Crippen molar-refractivity contribution >= 4 is 35.3 Å². The first-order valence-electron chi connectivity index (χ1n) is 14.7. The van der Waals surface area contributed by atoms with Gasteiger partial charge in [0.2, 0.25) is 23.6 Å². The molecule has 11 heteroatoms. The Morgan fingerprint density at radius 1 is 1.00 bits per heavy atom. The Kier molecular flexibility index (Phi) is 7.22. The number of hydrogen-bond donors (Lipinski definition) is 2. The maximum absolute atomic E-state index is 14.5. The molecule has 2 aliphatic carbocycles. The van der Waals surface area contributed by atoms with E-state index in [-0.39, 0.29) is 49.6 Å². The number of aromatic hydroxyl groups is 1. The number of nitrogens with zero attached hydrogens (tertiary/aromatic N) is 2. The smallest absolute Gasteiger partial charge is 0.303 e. The number of carbonyl (C=O) groups excluding carboxylic acids is 4. The Balaban J connectivity index is 1.50. The molecular weight excluding hydrogens is 568 g/mol. The van der Waals surface area contributed by atoms with Crippen LogP contribution in [0.5, 0.6) is 17.2 Å². The number of fused-ring (bicyclic) bond motifs is 4. The number of rotatable bonds is 8. The average Bonchev–Trinajstić information content (AvgIpc) is 3.37. The summed E-state index contributed by atoms with van der Waals surface area (Å²) < 4.78 is 11.1. The summed E-state index contributed by atoms with van der Waals surface area (Å²) in [5.41, 5.74) is 0.0814. The molecule has 2 aromatic carbocycles. The first-order valence-corrected chi connectivity index (χ1v) is 14.7. The molecule has 2 aliphatic heterocycles. The van der Waals surface area contributed by atoms with Crippen molar-refractivity contribution in [2.24, 2.45) is 29.1 Å². The lowest BCUT2D eigenvalue weighted by Crippen LogP contribution is -2.49. The standard InChI is InChI=1S/C33H34N2O9/c1-33-22(30(40)35(32(33)42)17-8-5-4-6-9-17)16-21-19(28(33)27-23(36)14-18(43-2)15-24(27)44-3)11-12-20-26(21)31(41)34(29(20)39)13-7-10-25(37)38/h4-6,8-9,11,14-15,20-22,26,28,36H,7,10,12-13,16H2,1-3H3,(H,37,38)/t20-,21+,22-,26-,28+,33+/m0/s1. The molecule has 6 rings (SSSR count). The first-order chi connectivity index (χ1) is 21.0. The van der Waals surface area contributed by atoms with Gasteiger partial charge in [0.1, 0.15) is 17.2 Å². The number of anilines is 1. The second-order valence-corrected chi connectivity index (χ2v) is 12.1. The number of allylic oxidation sites excluding steroid dienone is 2. The molecule has 2 N–H and O–H groups in total. The van der Waals surface area contributed by atoms with Crippen LogP contribution in [0.25, 0.3) is 0 Å². The highest BCUT2D eigenvalue weighted by molar-refractivity contribution is 6.24. The summed E-state index contributed by atoms with van der Waals surface area (Å²) in [5.74, 6) is -5.91. The largest absolute Gasteiger partial charge is 0.507 e. The minimum atomic E-state index is -1.35. The molecule has 0 unspecified atom stereocenters. The van der Waals surface area contributed by atoms with Crippen molar-refractivity contribution in [3.8, 4) is 17.2 Å². The number of imide groups is 2. The van der Waals surface area contributed by atoms with E-state index in [4.69, 9.17) is 14.6 Å². The van der Waals surface area contributed by atoms with Crippen LogP contribution in [0.4, 0.5) is 5.69 Å². The second kappa shape index (κ2) is 10.8. The quantitative estimate of drug-likeness (QED) is 0.342. The Morgan fingerprint density at radius 2 is 1.73 bits per heavy atom. The molecule has 0 radical (unpaired) electrons. The number of phenolic OH excluding ortho intramolecular Hbond substituents is 1. The highest BCUT2D eigenvalue weighted by atomic mass is 16.5. The van der Waals surface area contributed by atoms with Crippen LogP contribution in [0.1, 0.15) is 44.1 Å². The van der Waals surface area contributed by atoms with Crippen molar-refractivity contribution in [2.45, 2.75) is 38.5 Å². The van der Waals surface area contributed by atoms with Gasteiger partial charge in [-0.05, 0) is 44.2 Å². The molecule has 0 bridgehead atoms. The molecule has 2 aromatic rings. The van der Waals surface area contributed by atoms with E-state index < -0.39 is 58.7 Å². The van der Waals surface area contributed by atoms with Crippen LogP contribution in [-0.4, -0.2) is 65.5 Å². The number of phenols is 1. The Morgan fingerprint density at radius 3 is 2.39 bits per heavy atom. The van der Waals surface area contributed by atoms with E-state index in [1.54, 1.807) is 43.3 Å². The van der Waals surface area contributed by atoms with Crippen LogP contribution >= 0.6 is 0 Å². The zero-order chi connectivity index (χ0) is 31.5. The topological polar surface area (TPSA) is 151 Å². The van der Waals surface area contributed by atoms with Gasteiger partial charge in [-0.3, -0.25) is 28.9 Å². The fourth-order valence-corrected chi connectivity index (χ4v) is 7.98. The third kappa shape index (κ3) is 4.20. The van der Waals surface area contributed by atoms with Crippen molar-refractivity contribution in [1.82, 2.24) is 4.90 Å². The summed E-state index contributed by atoms with van der Waals surface area (Å²) in [5, 5.41) is 20.5. The van der Waals surface area contributed by atoms with E-state index >= 15 is 0 Å². The van der Waals surface area contributed by atoms with Gasteiger partial charge in [0, 0.05) is 36.6 Å². The third-order valence-electron chi connectivity index (χ3n) is 9.99. The van der Waals surface area contributed by atoms with E-state index in [9.17, 15) is 29.1 Å². The lowest BCUT2D eigenvalue weighted by Gasteiger charge is -2.49. The van der Waals surface area contributed by atoms with Crippen LogP contribution in [0.2, 0.25) is 0 Å². The zero-order valence-electron chi connectivity index (χ0n) is 24.7. The number of benzene rings is 2. The highest BCUT2D eigenvalue weighted by Crippen LogP contribution is 2.65. The first kappa shape index (κ1) is 29.4. The van der Waals surface area contributed by atoms with Crippen molar-refractivity contribution in [3.63, 3.8) is 0 Å². The van der Waals surface area contributed by atoms with E-state index in [0.29, 0.717) is 22.6 Å². The number of para-hydroxylation sites is 1. The SMILES string of the molecule is COc1cc(O)c([C@H]2C3=CC[C@@H]4C(=O)N(CCCC(=O)O)C(=O)[C@@H]4[C@@H]3C[C@H]3C(=O)N(c4ccccc4)C(=O)[C@@]23C)c(OC)c1. The van der Waals surface area contributed by atoms with Gasteiger partial charge in [-0.1, -0.05) is 29.8 Å². The molecule has 44 heavy (non-hydrogen) atoms. The monoisotopic (exact) mass is 602 g/mol. The van der Waals surface area contributed by atoms with Crippen LogP contribution in [0.15, 0.2) is 54.1 Å². The van der Waals surface area contributed by atoms with E-state index in [0.717, 1.165) is 4.90 Å². The molecule has 4 aliphatic rings. The lowest BCUT2D eigenvalue weighted by molar-refractivity contribution is -0.142. The second-order valence-electron chi connectivity index (χ2n) is 12.1. The summed E-state index contributed by atoms with van der Waals surface area (Å²) in [4.78, 5) is 69.5. The molecule has 0 spiro atoms. The van der Waals surface area contributed by atoms with Gasteiger partial charge < -0.3 is 19.7 Å². The predicted molar refractivity (Wildman–Crippen MR) is 156 cm³/mol. The summed E-state index contributed by atoms with van der Waals surface area (Å²) in [6, 6.07) is 11.7. The Hall–Kier alpha value is -4.67. The number of methoxy groups -OCH3 is 2. The summed E-state index contributed by atoms with van der Waals surface area (Å²) >= 11 is 0. The minimum absolute atomic E-state index is 0.00408. The molecule has 2 saturated heterocycles. The number of amides is 4. The van der Waals surface area contributed by atoms with Gasteiger partial charge in [0.05, 0.1) is 43.1 Å². The van der Waals surface area contributed by atoms with E-state index in [1.165, 1.54) is 25.2 Å².